The Morgan fingerprint density at radius 3 is 2.13 bits per heavy atom. The zero-order chi connectivity index (χ0) is 55.9. The minimum absolute atomic E-state index is 0.00758. The Kier molecular flexibility index (Phi) is 28.3. The van der Waals surface area contributed by atoms with Crippen LogP contribution in [-0.2, 0) is 30.4 Å². The normalized spacial score (nSPS) is 22.5. The Balaban J connectivity index is 1.46. The number of phenolic OH excluding ortho intramolecular Hbond substituents is 1. The van der Waals surface area contributed by atoms with Gasteiger partial charge in [0.1, 0.15) is 23.9 Å². The van der Waals surface area contributed by atoms with Gasteiger partial charge in [-0.15, -0.1) is 0 Å². The molecule has 3 rings (SSSR count). The minimum Gasteiger partial charge on any atom is -0.508 e. The van der Waals surface area contributed by atoms with Crippen molar-refractivity contribution in [1.82, 2.24) is 26.4 Å². The maximum atomic E-state index is 14.0. The number of carboxylic acid groups (broad SMARTS) is 1. The Hall–Kier alpha value is -4.65. The molecule has 15 atom stereocenters. The number of amides is 4. The monoisotopic (exact) mass is 1050 g/mol. The number of hydrogen-bond donors (Lipinski definition) is 11. The van der Waals surface area contributed by atoms with Crippen LogP contribution in [0, 0.1) is 41.4 Å². The first-order valence-electron chi connectivity index (χ1n) is 27.9. The number of phenols is 1. The lowest BCUT2D eigenvalue weighted by Gasteiger charge is -2.36. The number of carbonyl (C=O) groups is 5. The molecule has 17 nitrogen and oxygen atoms in total. The van der Waals surface area contributed by atoms with Crippen LogP contribution in [-0.4, -0.2) is 132 Å². The van der Waals surface area contributed by atoms with Crippen molar-refractivity contribution in [2.75, 3.05) is 6.54 Å². The summed E-state index contributed by atoms with van der Waals surface area (Å²) in [6, 6.07) is 3.02. The summed E-state index contributed by atoms with van der Waals surface area (Å²) in [6.07, 6.45) is 13.1. The van der Waals surface area contributed by atoms with E-state index in [2.05, 4.69) is 21.4 Å². The minimum atomic E-state index is -1.16. The summed E-state index contributed by atoms with van der Waals surface area (Å²) in [6.45, 7) is 17.3. The summed E-state index contributed by atoms with van der Waals surface area (Å²) in [7, 11) is 0. The zero-order valence-corrected chi connectivity index (χ0v) is 46.4. The molecule has 2 aliphatic rings. The highest BCUT2D eigenvalue weighted by molar-refractivity contribution is 5.93. The van der Waals surface area contributed by atoms with Gasteiger partial charge in [-0.25, -0.2) is 5.43 Å². The lowest BCUT2D eigenvalue weighted by molar-refractivity contribution is -0.148. The van der Waals surface area contributed by atoms with Crippen LogP contribution in [0.2, 0.25) is 0 Å². The smallest absolute Gasteiger partial charge is 0.322 e. The molecule has 2 fully saturated rings. The highest BCUT2D eigenvalue weighted by Gasteiger charge is 2.38. The van der Waals surface area contributed by atoms with Crippen molar-refractivity contribution in [2.24, 2.45) is 41.4 Å². The Bertz CT molecular complexity index is 2030. The first-order chi connectivity index (χ1) is 35.5. The second kappa shape index (κ2) is 32.8. The molecule has 17 heteroatoms. The van der Waals surface area contributed by atoms with Crippen molar-refractivity contribution < 1.29 is 59.7 Å². The Morgan fingerprint density at radius 1 is 0.813 bits per heavy atom. The van der Waals surface area contributed by atoms with Gasteiger partial charge in [0.25, 0.3) is 5.91 Å². The second-order valence-electron chi connectivity index (χ2n) is 22.2. The fourth-order valence-electron chi connectivity index (χ4n) is 10.2. The molecule has 0 radical (unpaired) electrons. The number of carbonyl (C=O) groups excluding carboxylic acids is 4. The molecule has 1 aromatic rings. The van der Waals surface area contributed by atoms with E-state index < -0.39 is 84.2 Å². The number of hydrazine groups is 1. The quantitative estimate of drug-likeness (QED) is 0.0292. The van der Waals surface area contributed by atoms with Crippen LogP contribution in [0.3, 0.4) is 0 Å². The van der Waals surface area contributed by atoms with E-state index in [0.29, 0.717) is 76.2 Å². The molecule has 75 heavy (non-hydrogen) atoms. The second-order valence-corrected chi connectivity index (χ2v) is 22.2. The maximum Gasteiger partial charge on any atom is 0.322 e. The molecule has 2 saturated heterocycles. The molecule has 0 bridgehead atoms. The van der Waals surface area contributed by atoms with Crippen LogP contribution in [0.4, 0.5) is 0 Å². The highest BCUT2D eigenvalue weighted by atomic mass is 16.4. The van der Waals surface area contributed by atoms with Crippen molar-refractivity contribution in [3.05, 3.63) is 65.8 Å². The van der Waals surface area contributed by atoms with Gasteiger partial charge in [0.15, 0.2) is 0 Å². The third kappa shape index (κ3) is 21.4. The molecular weight excluding hydrogens is 959 g/mol. The van der Waals surface area contributed by atoms with Gasteiger partial charge in [-0.2, -0.15) is 0 Å². The number of carboxylic acids is 1. The summed E-state index contributed by atoms with van der Waals surface area (Å²) in [4.78, 5) is 65.9. The number of benzene rings is 1. The number of aliphatic hydroxyl groups is 5. The van der Waals surface area contributed by atoms with E-state index in [0.717, 1.165) is 24.8 Å². The van der Waals surface area contributed by atoms with Gasteiger partial charge < -0.3 is 51.7 Å². The largest absolute Gasteiger partial charge is 0.508 e. The third-order valence-electron chi connectivity index (χ3n) is 15.6. The number of hydrogen-bond acceptors (Lipinski definition) is 12. The number of aromatic hydroxyl groups is 1. The van der Waals surface area contributed by atoms with Crippen LogP contribution < -0.4 is 21.4 Å². The van der Waals surface area contributed by atoms with Gasteiger partial charge >= 0.3 is 5.97 Å². The topological polar surface area (TPSA) is 278 Å². The summed E-state index contributed by atoms with van der Waals surface area (Å²) < 4.78 is 0. The zero-order valence-electron chi connectivity index (χ0n) is 46.4. The Morgan fingerprint density at radius 2 is 1.49 bits per heavy atom. The number of allylic oxidation sites excluding steroid dienone is 5. The first kappa shape index (κ1) is 64.6. The lowest BCUT2D eigenvalue weighted by atomic mass is 9.80. The number of rotatable bonds is 32. The molecule has 15 unspecified atom stereocenters. The van der Waals surface area contributed by atoms with Crippen molar-refractivity contribution in [1.29, 1.82) is 0 Å². The first-order valence-corrected chi connectivity index (χ1v) is 27.9. The van der Waals surface area contributed by atoms with E-state index in [1.165, 1.54) is 17.1 Å². The van der Waals surface area contributed by atoms with Crippen molar-refractivity contribution in [3.63, 3.8) is 0 Å². The summed E-state index contributed by atoms with van der Waals surface area (Å²) >= 11 is 0. The maximum absolute atomic E-state index is 14.0. The van der Waals surface area contributed by atoms with Gasteiger partial charge in [0.05, 0.1) is 36.4 Å². The molecule has 2 aliphatic heterocycles. The molecule has 2 heterocycles. The predicted octanol–water partition coefficient (Wildman–Crippen LogP) is 6.00. The highest BCUT2D eigenvalue weighted by Crippen LogP contribution is 2.29. The average molecular weight is 1050 g/mol. The van der Waals surface area contributed by atoms with E-state index in [1.807, 2.05) is 72.8 Å². The van der Waals surface area contributed by atoms with Gasteiger partial charge in [-0.05, 0) is 132 Å². The van der Waals surface area contributed by atoms with Crippen molar-refractivity contribution >= 4 is 29.6 Å². The molecule has 0 aliphatic carbocycles. The summed E-state index contributed by atoms with van der Waals surface area (Å²) in [5.74, 6) is -4.48. The van der Waals surface area contributed by atoms with E-state index >= 15 is 0 Å². The summed E-state index contributed by atoms with van der Waals surface area (Å²) in [5, 5.41) is 84.6. The fourth-order valence-corrected chi connectivity index (χ4v) is 10.2. The fraction of sp³-hybridized carbons (Fsp3) is 0.707. The van der Waals surface area contributed by atoms with Crippen LogP contribution in [0.5, 0.6) is 5.75 Å². The van der Waals surface area contributed by atoms with Gasteiger partial charge in [-0.1, -0.05) is 110 Å². The lowest BCUT2D eigenvalue weighted by Crippen LogP contribution is -2.62. The van der Waals surface area contributed by atoms with E-state index in [1.54, 1.807) is 32.1 Å². The standard InChI is InChI=1S/C58H95N5O12/c1-10-19-44(55(71)61-51(35(3)4)56(72)60-47(34-41-22-17-23-43(64)33-41)57(73)63-31-18-24-46(62-63)58(74)75)53(69)38(7)21-16-14-12-13-15-20-36(5)32-50(67)49(66)30-25-37(6)48(65)29-26-39(8)52(68)40(9)45-28-27-42(11-2)54(70)59-45/h12-14,16-17,22-23,32-33,35,37-40,42,44-53,62,64-69H,10-11,15,18-21,24-31,34H2,1-9H3,(H,59,70)(H,60,72)(H,61,71)(H,74,75)/b13-12+,16-14+,36-32+. The molecule has 4 amide bonds. The van der Waals surface area contributed by atoms with Crippen molar-refractivity contribution in [3.8, 4) is 5.75 Å². The molecular formula is C58H95N5O12. The Labute approximate surface area is 447 Å². The molecule has 11 N–H and O–H groups in total. The van der Waals surface area contributed by atoms with Crippen LogP contribution >= 0.6 is 0 Å². The van der Waals surface area contributed by atoms with Crippen LogP contribution in [0.15, 0.2) is 60.2 Å². The van der Waals surface area contributed by atoms with E-state index in [-0.39, 0.29) is 60.3 Å². The third-order valence-corrected chi connectivity index (χ3v) is 15.6. The number of aliphatic hydroxyl groups excluding tert-OH is 5. The number of nitrogens with zero attached hydrogens (tertiary/aromatic N) is 1. The van der Waals surface area contributed by atoms with E-state index in [4.69, 9.17) is 0 Å². The predicted molar refractivity (Wildman–Crippen MR) is 290 cm³/mol. The van der Waals surface area contributed by atoms with Crippen molar-refractivity contribution in [2.45, 2.75) is 213 Å². The van der Waals surface area contributed by atoms with Gasteiger partial charge in [0, 0.05) is 30.8 Å². The van der Waals surface area contributed by atoms with E-state index in [9.17, 15) is 59.7 Å². The number of nitrogens with one attached hydrogen (secondary N) is 4. The molecule has 0 saturated carbocycles. The van der Waals surface area contributed by atoms with Crippen LogP contribution in [0.1, 0.15) is 158 Å². The molecule has 0 spiro atoms. The van der Waals surface area contributed by atoms with Crippen LogP contribution in [0.25, 0.3) is 0 Å². The summed E-state index contributed by atoms with van der Waals surface area (Å²) in [5.41, 5.74) is 4.23. The van der Waals surface area contributed by atoms with Gasteiger partial charge in [-0.3, -0.25) is 29.0 Å². The molecule has 0 aromatic heterocycles. The number of piperidine rings is 1. The average Bonchev–Trinajstić information content (AvgIpc) is 3.38. The van der Waals surface area contributed by atoms with Gasteiger partial charge in [0.2, 0.25) is 17.7 Å². The molecule has 1 aromatic carbocycles. The number of aliphatic carboxylic acids is 1. The molecule has 424 valence electrons. The SMILES string of the molecule is CCCC(C(=O)NC(C(=O)NC(Cc1cccc(O)c1)C(=O)N1CCCC(C(=O)O)N1)C(C)C)C(O)C(C)C/C=C/C=C/CC/C(C)=C/C(O)C(O)CCC(C)C(O)CCC(C)C(O)C(C)C1CCC(CC)C(=O)N1.